The molecule has 1 fully saturated rings. The number of benzene rings is 4. The normalized spacial score (nSPS) is 15.6. The molecule has 0 aliphatic carbocycles. The van der Waals surface area contributed by atoms with Gasteiger partial charge in [0.1, 0.15) is 11.5 Å². The number of aryl methyl sites for hydroxylation is 1. The highest BCUT2D eigenvalue weighted by Crippen LogP contribution is 2.29. The first-order valence-corrected chi connectivity index (χ1v) is 11.0. The number of anilines is 2. The number of rotatable bonds is 5. The molecule has 0 unspecified atom stereocenters. The van der Waals surface area contributed by atoms with E-state index in [0.717, 1.165) is 27.8 Å². The van der Waals surface area contributed by atoms with Crippen LogP contribution in [0.4, 0.5) is 11.4 Å². The van der Waals surface area contributed by atoms with Crippen molar-refractivity contribution in [3.8, 4) is 11.5 Å². The summed E-state index contributed by atoms with van der Waals surface area (Å²) in [4.78, 5) is 27.0. The molecule has 4 aromatic carbocycles. The smallest absolute Gasteiger partial charge is 0.229 e. The Kier molecular flexibility index (Phi) is 5.53. The average Bonchev–Trinajstić information content (AvgIpc) is 3.22. The summed E-state index contributed by atoms with van der Waals surface area (Å²) in [5.74, 6) is 0.879. The van der Waals surface area contributed by atoms with E-state index in [1.54, 1.807) is 4.90 Å². The van der Waals surface area contributed by atoms with Gasteiger partial charge in [-0.25, -0.2) is 0 Å². The van der Waals surface area contributed by atoms with Crippen molar-refractivity contribution in [1.82, 2.24) is 0 Å². The number of nitrogens with one attached hydrogen (secondary N) is 1. The van der Waals surface area contributed by atoms with Gasteiger partial charge in [0.2, 0.25) is 11.8 Å². The molecule has 5 heteroatoms. The second-order valence-electron chi connectivity index (χ2n) is 8.37. The summed E-state index contributed by atoms with van der Waals surface area (Å²) in [7, 11) is 0. The largest absolute Gasteiger partial charge is 0.457 e. The molecule has 1 heterocycles. The van der Waals surface area contributed by atoms with Crippen molar-refractivity contribution in [3.63, 3.8) is 0 Å². The standard InChI is InChI=1S/C28H24N2O3/c1-19-5-4-8-24(15-19)30-18-22(17-27(30)31)28(32)29-23-10-13-25(14-11-23)33-26-12-9-20-6-2-3-7-21(20)16-26/h2-16,22H,17-18H2,1H3,(H,29,32)/t22-/m0/s1. The Hall–Kier alpha value is -4.12. The minimum atomic E-state index is -0.383. The molecule has 5 rings (SSSR count). The van der Waals surface area contributed by atoms with Gasteiger partial charge in [-0.3, -0.25) is 9.59 Å². The third kappa shape index (κ3) is 4.58. The molecule has 4 aromatic rings. The summed E-state index contributed by atoms with van der Waals surface area (Å²) in [5.41, 5.74) is 2.59. The fourth-order valence-corrected chi connectivity index (χ4v) is 4.15. The highest BCUT2D eigenvalue weighted by Gasteiger charge is 2.35. The SMILES string of the molecule is Cc1cccc(N2C[C@@H](C(=O)Nc3ccc(Oc4ccc5ccccc5c4)cc3)CC2=O)c1. The van der Waals surface area contributed by atoms with Crippen molar-refractivity contribution >= 4 is 34.0 Å². The number of carbonyl (C=O) groups is 2. The third-order valence-electron chi connectivity index (χ3n) is 5.89. The van der Waals surface area contributed by atoms with E-state index in [9.17, 15) is 9.59 Å². The van der Waals surface area contributed by atoms with Gasteiger partial charge in [0, 0.05) is 24.3 Å². The maximum atomic E-state index is 12.8. The fourth-order valence-electron chi connectivity index (χ4n) is 4.15. The zero-order valence-electron chi connectivity index (χ0n) is 18.3. The lowest BCUT2D eigenvalue weighted by molar-refractivity contribution is -0.122. The van der Waals surface area contributed by atoms with Gasteiger partial charge in [-0.05, 0) is 71.8 Å². The van der Waals surface area contributed by atoms with Crippen LogP contribution in [0, 0.1) is 12.8 Å². The van der Waals surface area contributed by atoms with Crippen LogP contribution in [0.1, 0.15) is 12.0 Å². The molecule has 1 aliphatic heterocycles. The van der Waals surface area contributed by atoms with E-state index in [1.165, 1.54) is 0 Å². The van der Waals surface area contributed by atoms with E-state index < -0.39 is 0 Å². The number of nitrogens with zero attached hydrogens (tertiary/aromatic N) is 1. The summed E-state index contributed by atoms with van der Waals surface area (Å²) in [6.07, 6.45) is 0.211. The fraction of sp³-hybridized carbons (Fsp3) is 0.143. The van der Waals surface area contributed by atoms with Gasteiger partial charge in [-0.1, -0.05) is 42.5 Å². The van der Waals surface area contributed by atoms with E-state index in [4.69, 9.17) is 4.74 Å². The van der Waals surface area contributed by atoms with Crippen LogP contribution in [0.2, 0.25) is 0 Å². The van der Waals surface area contributed by atoms with Crippen molar-refractivity contribution in [2.24, 2.45) is 5.92 Å². The molecule has 1 aliphatic rings. The summed E-state index contributed by atoms with van der Waals surface area (Å²) in [6.45, 7) is 2.37. The van der Waals surface area contributed by atoms with Gasteiger partial charge in [0.05, 0.1) is 5.92 Å². The molecule has 2 amide bonds. The minimum Gasteiger partial charge on any atom is -0.457 e. The number of hydrogen-bond donors (Lipinski definition) is 1. The zero-order chi connectivity index (χ0) is 22.8. The molecule has 33 heavy (non-hydrogen) atoms. The number of hydrogen-bond acceptors (Lipinski definition) is 3. The maximum Gasteiger partial charge on any atom is 0.229 e. The third-order valence-corrected chi connectivity index (χ3v) is 5.89. The van der Waals surface area contributed by atoms with Crippen LogP contribution in [-0.2, 0) is 9.59 Å². The summed E-state index contributed by atoms with van der Waals surface area (Å²) in [5, 5.41) is 5.21. The van der Waals surface area contributed by atoms with Crippen molar-refractivity contribution < 1.29 is 14.3 Å². The lowest BCUT2D eigenvalue weighted by Gasteiger charge is -2.17. The van der Waals surface area contributed by atoms with E-state index in [2.05, 4.69) is 17.4 Å². The zero-order valence-corrected chi connectivity index (χ0v) is 18.3. The second-order valence-corrected chi connectivity index (χ2v) is 8.37. The molecule has 0 bridgehead atoms. The summed E-state index contributed by atoms with van der Waals surface area (Å²) >= 11 is 0. The monoisotopic (exact) mass is 436 g/mol. The van der Waals surface area contributed by atoms with Gasteiger partial charge in [-0.2, -0.15) is 0 Å². The number of fused-ring (bicyclic) bond motifs is 1. The molecule has 1 saturated heterocycles. The average molecular weight is 437 g/mol. The van der Waals surface area contributed by atoms with Crippen LogP contribution in [0.25, 0.3) is 10.8 Å². The topological polar surface area (TPSA) is 58.6 Å². The van der Waals surface area contributed by atoms with Gasteiger partial charge in [0.15, 0.2) is 0 Å². The Morgan fingerprint density at radius 1 is 0.879 bits per heavy atom. The minimum absolute atomic E-state index is 0.0279. The van der Waals surface area contributed by atoms with E-state index in [-0.39, 0.29) is 24.2 Å². The van der Waals surface area contributed by atoms with Crippen molar-refractivity contribution in [3.05, 3.63) is 96.6 Å². The van der Waals surface area contributed by atoms with Crippen LogP contribution in [-0.4, -0.2) is 18.4 Å². The molecule has 0 spiro atoms. The Labute approximate surface area is 192 Å². The molecule has 0 saturated carbocycles. The highest BCUT2D eigenvalue weighted by atomic mass is 16.5. The predicted molar refractivity (Wildman–Crippen MR) is 131 cm³/mol. The molecule has 1 atom stereocenters. The second kappa shape index (κ2) is 8.79. The Balaban J connectivity index is 1.22. The van der Waals surface area contributed by atoms with E-state index in [0.29, 0.717) is 18.0 Å². The summed E-state index contributed by atoms with van der Waals surface area (Å²) < 4.78 is 5.97. The van der Waals surface area contributed by atoms with E-state index in [1.807, 2.05) is 85.8 Å². The van der Waals surface area contributed by atoms with Crippen LogP contribution in [0.3, 0.4) is 0 Å². The molecular formula is C28H24N2O3. The van der Waals surface area contributed by atoms with Gasteiger partial charge < -0.3 is 15.0 Å². The lowest BCUT2D eigenvalue weighted by Crippen LogP contribution is -2.28. The van der Waals surface area contributed by atoms with Gasteiger partial charge in [-0.15, -0.1) is 0 Å². The van der Waals surface area contributed by atoms with Crippen molar-refractivity contribution in [1.29, 1.82) is 0 Å². The van der Waals surface area contributed by atoms with Gasteiger partial charge >= 0.3 is 0 Å². The first-order valence-electron chi connectivity index (χ1n) is 11.0. The maximum absolute atomic E-state index is 12.8. The Morgan fingerprint density at radius 3 is 2.42 bits per heavy atom. The molecule has 0 aromatic heterocycles. The van der Waals surface area contributed by atoms with Crippen molar-refractivity contribution in [2.75, 3.05) is 16.8 Å². The number of amides is 2. The van der Waals surface area contributed by atoms with Crippen LogP contribution < -0.4 is 15.0 Å². The molecule has 5 nitrogen and oxygen atoms in total. The van der Waals surface area contributed by atoms with Crippen LogP contribution in [0.5, 0.6) is 11.5 Å². The number of carbonyl (C=O) groups excluding carboxylic acids is 2. The number of ether oxygens (including phenoxy) is 1. The van der Waals surface area contributed by atoms with Crippen LogP contribution >= 0.6 is 0 Å². The van der Waals surface area contributed by atoms with Gasteiger partial charge in [0.25, 0.3) is 0 Å². The molecule has 1 N–H and O–H groups in total. The lowest BCUT2D eigenvalue weighted by atomic mass is 10.1. The highest BCUT2D eigenvalue weighted by molar-refractivity contribution is 6.03. The van der Waals surface area contributed by atoms with Crippen molar-refractivity contribution in [2.45, 2.75) is 13.3 Å². The first kappa shape index (κ1) is 20.8. The molecular weight excluding hydrogens is 412 g/mol. The Bertz CT molecular complexity index is 1330. The molecule has 0 radical (unpaired) electrons. The molecule has 164 valence electrons. The van der Waals surface area contributed by atoms with Crippen LogP contribution in [0.15, 0.2) is 91.0 Å². The predicted octanol–water partition coefficient (Wildman–Crippen LogP) is 5.93. The van der Waals surface area contributed by atoms with E-state index >= 15 is 0 Å². The summed E-state index contributed by atoms with van der Waals surface area (Å²) in [6, 6.07) is 29.1. The quantitative estimate of drug-likeness (QED) is 0.422. The Morgan fingerprint density at radius 2 is 1.64 bits per heavy atom. The first-order chi connectivity index (χ1) is 16.0.